The van der Waals surface area contributed by atoms with Crippen molar-refractivity contribution in [3.05, 3.63) is 34.3 Å². The molecular formula is C14H20ClNO. The zero-order valence-electron chi connectivity index (χ0n) is 10.2. The molecule has 1 aromatic carbocycles. The summed E-state index contributed by atoms with van der Waals surface area (Å²) in [5.74, 6) is 0. The van der Waals surface area contributed by atoms with Gasteiger partial charge in [0.25, 0.3) is 0 Å². The number of nitrogens with one attached hydrogen (secondary N) is 1. The smallest absolute Gasteiger partial charge is 0.0541 e. The molecule has 0 atom stereocenters. The van der Waals surface area contributed by atoms with Crippen LogP contribution >= 0.6 is 11.6 Å². The second-order valence-corrected chi connectivity index (χ2v) is 5.38. The molecule has 2 nitrogen and oxygen atoms in total. The van der Waals surface area contributed by atoms with Crippen molar-refractivity contribution in [2.24, 2.45) is 0 Å². The molecule has 3 heteroatoms. The minimum atomic E-state index is -0.0816. The van der Waals surface area contributed by atoms with Crippen molar-refractivity contribution >= 4 is 11.6 Å². The summed E-state index contributed by atoms with van der Waals surface area (Å²) in [6.07, 6.45) is 3.90. The fraction of sp³-hybridized carbons (Fsp3) is 0.571. The summed E-state index contributed by atoms with van der Waals surface area (Å²) in [7, 11) is 0. The zero-order chi connectivity index (χ0) is 12.3. The Morgan fingerprint density at radius 2 is 2.00 bits per heavy atom. The standard InChI is InChI=1S/C14H20ClNO/c1-10-2-3-11(8-14(10)15)9-16-12-4-6-13(17)7-5-12/h2-3,8,12-13,16-17H,4-7,9H2,1H3. The second kappa shape index (κ2) is 5.85. The van der Waals surface area contributed by atoms with Gasteiger partial charge in [-0.2, -0.15) is 0 Å². The molecule has 0 aromatic heterocycles. The summed E-state index contributed by atoms with van der Waals surface area (Å²) in [6.45, 7) is 2.88. The van der Waals surface area contributed by atoms with Crippen LogP contribution in [0.25, 0.3) is 0 Å². The van der Waals surface area contributed by atoms with E-state index in [2.05, 4.69) is 17.4 Å². The highest BCUT2D eigenvalue weighted by Crippen LogP contribution is 2.20. The highest BCUT2D eigenvalue weighted by atomic mass is 35.5. The summed E-state index contributed by atoms with van der Waals surface area (Å²) in [5.41, 5.74) is 2.35. The Balaban J connectivity index is 1.83. The van der Waals surface area contributed by atoms with Crippen molar-refractivity contribution in [3.8, 4) is 0 Å². The molecule has 2 rings (SSSR count). The van der Waals surface area contributed by atoms with Crippen LogP contribution < -0.4 is 5.32 Å². The van der Waals surface area contributed by atoms with E-state index >= 15 is 0 Å². The first-order valence-corrected chi connectivity index (χ1v) is 6.69. The number of aryl methyl sites for hydroxylation is 1. The lowest BCUT2D eigenvalue weighted by molar-refractivity contribution is 0.116. The maximum atomic E-state index is 9.43. The summed E-state index contributed by atoms with van der Waals surface area (Å²) < 4.78 is 0. The van der Waals surface area contributed by atoms with Gasteiger partial charge < -0.3 is 10.4 Å². The highest BCUT2D eigenvalue weighted by molar-refractivity contribution is 6.31. The van der Waals surface area contributed by atoms with Gasteiger partial charge in [0.2, 0.25) is 0 Å². The van der Waals surface area contributed by atoms with Crippen LogP contribution in [0.15, 0.2) is 18.2 Å². The molecule has 0 spiro atoms. The Hall–Kier alpha value is -0.570. The Kier molecular flexibility index (Phi) is 4.43. The monoisotopic (exact) mass is 253 g/mol. The molecule has 0 saturated heterocycles. The van der Waals surface area contributed by atoms with Gasteiger partial charge in [0.15, 0.2) is 0 Å². The molecule has 1 aromatic rings. The van der Waals surface area contributed by atoms with Crippen LogP contribution in [0, 0.1) is 6.92 Å². The average molecular weight is 254 g/mol. The van der Waals surface area contributed by atoms with E-state index in [1.807, 2.05) is 13.0 Å². The molecule has 1 fully saturated rings. The molecule has 0 aliphatic heterocycles. The third kappa shape index (κ3) is 3.70. The van der Waals surface area contributed by atoms with E-state index in [9.17, 15) is 5.11 Å². The maximum absolute atomic E-state index is 9.43. The molecule has 2 N–H and O–H groups in total. The van der Waals surface area contributed by atoms with Gasteiger partial charge in [0.05, 0.1) is 6.10 Å². The molecule has 17 heavy (non-hydrogen) atoms. The van der Waals surface area contributed by atoms with Gasteiger partial charge >= 0.3 is 0 Å². The lowest BCUT2D eigenvalue weighted by atomic mass is 9.93. The molecule has 1 aliphatic carbocycles. The minimum Gasteiger partial charge on any atom is -0.393 e. The highest BCUT2D eigenvalue weighted by Gasteiger charge is 2.18. The zero-order valence-corrected chi connectivity index (χ0v) is 11.0. The molecule has 0 amide bonds. The van der Waals surface area contributed by atoms with E-state index in [0.29, 0.717) is 6.04 Å². The molecule has 0 heterocycles. The largest absolute Gasteiger partial charge is 0.393 e. The number of aliphatic hydroxyl groups is 1. The van der Waals surface area contributed by atoms with Crippen molar-refractivity contribution in [1.82, 2.24) is 5.32 Å². The topological polar surface area (TPSA) is 32.3 Å². The van der Waals surface area contributed by atoms with E-state index in [1.54, 1.807) is 0 Å². The van der Waals surface area contributed by atoms with Crippen LogP contribution in [0.5, 0.6) is 0 Å². The molecule has 0 unspecified atom stereocenters. The average Bonchev–Trinajstić information content (AvgIpc) is 2.33. The quantitative estimate of drug-likeness (QED) is 0.868. The fourth-order valence-corrected chi connectivity index (χ4v) is 2.49. The molecule has 0 radical (unpaired) electrons. The number of benzene rings is 1. The Morgan fingerprint density at radius 3 is 2.65 bits per heavy atom. The number of rotatable bonds is 3. The Labute approximate surface area is 108 Å². The molecule has 94 valence electrons. The first kappa shape index (κ1) is 12.9. The summed E-state index contributed by atoms with van der Waals surface area (Å²) in [5, 5.41) is 13.8. The number of hydrogen-bond acceptors (Lipinski definition) is 2. The van der Waals surface area contributed by atoms with Crippen molar-refractivity contribution in [2.45, 2.75) is 51.3 Å². The molecular weight excluding hydrogens is 234 g/mol. The van der Waals surface area contributed by atoms with Crippen LogP contribution in [0.1, 0.15) is 36.8 Å². The predicted octanol–water partition coefficient (Wildman–Crippen LogP) is 3.04. The fourth-order valence-electron chi connectivity index (χ4n) is 2.29. The summed E-state index contributed by atoms with van der Waals surface area (Å²) >= 11 is 6.09. The van der Waals surface area contributed by atoms with Gasteiger partial charge in [-0.1, -0.05) is 23.7 Å². The summed E-state index contributed by atoms with van der Waals surface area (Å²) in [4.78, 5) is 0. The van der Waals surface area contributed by atoms with Crippen LogP contribution in [0.2, 0.25) is 5.02 Å². The SMILES string of the molecule is Cc1ccc(CNC2CCC(O)CC2)cc1Cl. The minimum absolute atomic E-state index is 0.0816. The lowest BCUT2D eigenvalue weighted by Crippen LogP contribution is -2.34. The third-order valence-electron chi connectivity index (χ3n) is 3.53. The van der Waals surface area contributed by atoms with E-state index in [4.69, 9.17) is 11.6 Å². The maximum Gasteiger partial charge on any atom is 0.0541 e. The van der Waals surface area contributed by atoms with Crippen molar-refractivity contribution in [3.63, 3.8) is 0 Å². The van der Waals surface area contributed by atoms with Gasteiger partial charge in [0, 0.05) is 17.6 Å². The van der Waals surface area contributed by atoms with Gasteiger partial charge in [-0.05, 0) is 49.8 Å². The predicted molar refractivity (Wildman–Crippen MR) is 71.3 cm³/mol. The summed E-state index contributed by atoms with van der Waals surface area (Å²) in [6, 6.07) is 6.75. The normalized spacial score (nSPS) is 24.9. The number of halogens is 1. The molecule has 0 bridgehead atoms. The Morgan fingerprint density at radius 1 is 1.29 bits per heavy atom. The van der Waals surface area contributed by atoms with Gasteiger partial charge in [0.1, 0.15) is 0 Å². The van der Waals surface area contributed by atoms with Crippen LogP contribution in [0.4, 0.5) is 0 Å². The van der Waals surface area contributed by atoms with Crippen LogP contribution in [-0.2, 0) is 6.54 Å². The van der Waals surface area contributed by atoms with Gasteiger partial charge in [-0.3, -0.25) is 0 Å². The van der Waals surface area contributed by atoms with Crippen molar-refractivity contribution in [1.29, 1.82) is 0 Å². The first-order chi connectivity index (χ1) is 8.15. The van der Waals surface area contributed by atoms with E-state index in [1.165, 1.54) is 5.56 Å². The van der Waals surface area contributed by atoms with Gasteiger partial charge in [-0.25, -0.2) is 0 Å². The molecule has 1 saturated carbocycles. The van der Waals surface area contributed by atoms with E-state index in [-0.39, 0.29) is 6.10 Å². The molecule has 1 aliphatic rings. The van der Waals surface area contributed by atoms with Crippen LogP contribution in [-0.4, -0.2) is 17.3 Å². The van der Waals surface area contributed by atoms with Crippen LogP contribution in [0.3, 0.4) is 0 Å². The Bertz CT molecular complexity index is 372. The lowest BCUT2D eigenvalue weighted by Gasteiger charge is -2.26. The number of hydrogen-bond donors (Lipinski definition) is 2. The van der Waals surface area contributed by atoms with E-state index in [0.717, 1.165) is 42.8 Å². The third-order valence-corrected chi connectivity index (χ3v) is 3.94. The second-order valence-electron chi connectivity index (χ2n) is 4.97. The first-order valence-electron chi connectivity index (χ1n) is 6.31. The number of aliphatic hydroxyl groups excluding tert-OH is 1. The van der Waals surface area contributed by atoms with Crippen molar-refractivity contribution < 1.29 is 5.11 Å². The van der Waals surface area contributed by atoms with Gasteiger partial charge in [-0.15, -0.1) is 0 Å². The van der Waals surface area contributed by atoms with Crippen molar-refractivity contribution in [2.75, 3.05) is 0 Å². The van der Waals surface area contributed by atoms with E-state index < -0.39 is 0 Å².